The monoisotopic (exact) mass is 272 g/mol. The van der Waals surface area contributed by atoms with Crippen LogP contribution in [0.2, 0.25) is 0 Å². The zero-order chi connectivity index (χ0) is 13.6. The fourth-order valence-corrected chi connectivity index (χ4v) is 2.00. The number of halogens is 4. The highest BCUT2D eigenvalue weighted by atomic mass is 19.4. The first-order valence-corrected chi connectivity index (χ1v) is 6.13. The highest BCUT2D eigenvalue weighted by Gasteiger charge is 2.28. The van der Waals surface area contributed by atoms with Crippen molar-refractivity contribution in [3.8, 4) is 0 Å². The molecule has 0 amide bonds. The molecule has 1 fully saturated rings. The Kier molecular flexibility index (Phi) is 6.31. The first kappa shape index (κ1) is 15.7. The molecule has 1 saturated heterocycles. The minimum absolute atomic E-state index is 0.189. The normalized spacial score (nSPS) is 25.0. The topological polar surface area (TPSA) is 24.5 Å². The van der Waals surface area contributed by atoms with E-state index in [1.54, 1.807) is 0 Å². The maximum Gasteiger partial charge on any atom is 0.522 e. The van der Waals surface area contributed by atoms with Crippen molar-refractivity contribution in [1.29, 1.82) is 0 Å². The van der Waals surface area contributed by atoms with Crippen LogP contribution in [0.25, 0.3) is 0 Å². The third-order valence-corrected chi connectivity index (χ3v) is 2.98. The Bertz CT molecular complexity index is 238. The van der Waals surface area contributed by atoms with Crippen molar-refractivity contribution in [2.24, 2.45) is 0 Å². The van der Waals surface area contributed by atoms with Gasteiger partial charge in [0.2, 0.25) is 0 Å². The Morgan fingerprint density at radius 1 is 1.33 bits per heavy atom. The van der Waals surface area contributed by atoms with E-state index < -0.39 is 12.5 Å². The highest BCUT2D eigenvalue weighted by molar-refractivity contribution is 4.81. The van der Waals surface area contributed by atoms with Crippen molar-refractivity contribution >= 4 is 0 Å². The fraction of sp³-hybridized carbons (Fsp3) is 1.00. The predicted molar refractivity (Wildman–Crippen MR) is 60.0 cm³/mol. The average molecular weight is 272 g/mol. The molecule has 18 heavy (non-hydrogen) atoms. The molecule has 0 spiro atoms. The summed E-state index contributed by atoms with van der Waals surface area (Å²) in [4.78, 5) is 1.94. The lowest BCUT2D eigenvalue weighted by Gasteiger charge is -2.19. The summed E-state index contributed by atoms with van der Waals surface area (Å²) in [6.45, 7) is 1.38. The van der Waals surface area contributed by atoms with Gasteiger partial charge in [0, 0.05) is 19.1 Å². The van der Waals surface area contributed by atoms with Crippen LogP contribution < -0.4 is 5.32 Å². The maximum atomic E-state index is 12.9. The van der Waals surface area contributed by atoms with Crippen molar-refractivity contribution in [2.75, 3.05) is 33.3 Å². The smallest absolute Gasteiger partial charge is 0.311 e. The minimum atomic E-state index is -4.54. The Morgan fingerprint density at radius 2 is 2.06 bits per heavy atom. The summed E-state index contributed by atoms with van der Waals surface area (Å²) in [5.41, 5.74) is 0. The van der Waals surface area contributed by atoms with Crippen LogP contribution in [0.3, 0.4) is 0 Å². The average Bonchev–Trinajstić information content (AvgIpc) is 2.66. The van der Waals surface area contributed by atoms with Gasteiger partial charge in [0.1, 0.15) is 6.17 Å². The Balaban J connectivity index is 1.98. The van der Waals surface area contributed by atoms with Crippen molar-refractivity contribution in [3.63, 3.8) is 0 Å². The number of nitrogens with one attached hydrogen (secondary N) is 1. The quantitative estimate of drug-likeness (QED) is 0.566. The molecule has 0 radical (unpaired) electrons. The zero-order valence-electron chi connectivity index (χ0n) is 10.5. The largest absolute Gasteiger partial charge is 0.522 e. The predicted octanol–water partition coefficient (Wildman–Crippen LogP) is 1.93. The van der Waals surface area contributed by atoms with Gasteiger partial charge in [-0.3, -0.25) is 4.74 Å². The molecular formula is C11H20F4N2O. The van der Waals surface area contributed by atoms with Crippen LogP contribution >= 0.6 is 0 Å². The van der Waals surface area contributed by atoms with Crippen LogP contribution in [0, 0.1) is 0 Å². The maximum absolute atomic E-state index is 12.9. The van der Waals surface area contributed by atoms with E-state index in [1.165, 1.54) is 0 Å². The first-order chi connectivity index (χ1) is 8.37. The molecule has 1 aliphatic heterocycles. The lowest BCUT2D eigenvalue weighted by molar-refractivity contribution is -0.324. The second-order valence-corrected chi connectivity index (χ2v) is 4.68. The van der Waals surface area contributed by atoms with Gasteiger partial charge in [-0.25, -0.2) is 4.39 Å². The van der Waals surface area contributed by atoms with Crippen LogP contribution in [0.5, 0.6) is 0 Å². The minimum Gasteiger partial charge on any atom is -0.311 e. The van der Waals surface area contributed by atoms with Gasteiger partial charge in [0.15, 0.2) is 0 Å². The number of hydrogen-bond acceptors (Lipinski definition) is 3. The van der Waals surface area contributed by atoms with Crippen LogP contribution in [0.15, 0.2) is 0 Å². The molecule has 7 heteroatoms. The molecule has 2 atom stereocenters. The fourth-order valence-electron chi connectivity index (χ4n) is 2.00. The zero-order valence-corrected chi connectivity index (χ0v) is 10.5. The number of ether oxygens (including phenoxy) is 1. The molecule has 0 bridgehead atoms. The number of alkyl halides is 4. The van der Waals surface area contributed by atoms with Gasteiger partial charge in [-0.15, -0.1) is 13.2 Å². The standard InChI is InChI=1S/C11H20F4N2O/c1-17(4-2-6-18-11(13,14)15)5-3-10-7-9(12)8-16-10/h9-10,16H,2-8H2,1H3. The summed E-state index contributed by atoms with van der Waals surface area (Å²) < 4.78 is 51.6. The molecule has 0 aromatic carbocycles. The second kappa shape index (κ2) is 7.25. The van der Waals surface area contributed by atoms with Crippen molar-refractivity contribution in [3.05, 3.63) is 0 Å². The Morgan fingerprint density at radius 3 is 2.61 bits per heavy atom. The lowest BCUT2D eigenvalue weighted by atomic mass is 10.1. The van der Waals surface area contributed by atoms with Crippen molar-refractivity contribution in [2.45, 2.75) is 37.8 Å². The van der Waals surface area contributed by atoms with Gasteiger partial charge in [0.25, 0.3) is 0 Å². The number of hydrogen-bond donors (Lipinski definition) is 1. The summed E-state index contributed by atoms with van der Waals surface area (Å²) in [5, 5.41) is 3.07. The molecule has 2 unspecified atom stereocenters. The van der Waals surface area contributed by atoms with Crippen molar-refractivity contribution < 1.29 is 22.3 Å². The second-order valence-electron chi connectivity index (χ2n) is 4.68. The van der Waals surface area contributed by atoms with E-state index in [0.29, 0.717) is 25.9 Å². The van der Waals surface area contributed by atoms with Gasteiger partial charge in [-0.05, 0) is 32.9 Å². The van der Waals surface area contributed by atoms with Crippen LogP contribution in [-0.2, 0) is 4.74 Å². The summed E-state index contributed by atoms with van der Waals surface area (Å²) >= 11 is 0. The molecule has 0 saturated carbocycles. The van der Waals surface area contributed by atoms with E-state index in [4.69, 9.17) is 0 Å². The SMILES string of the molecule is CN(CCCOC(F)(F)F)CCC1CC(F)CN1. The molecule has 108 valence electrons. The number of rotatable bonds is 7. The third kappa shape index (κ3) is 7.13. The van der Waals surface area contributed by atoms with E-state index in [0.717, 1.165) is 13.0 Å². The van der Waals surface area contributed by atoms with Gasteiger partial charge >= 0.3 is 6.36 Å². The molecule has 1 heterocycles. The Hall–Kier alpha value is -0.400. The van der Waals surface area contributed by atoms with Crippen LogP contribution in [0.4, 0.5) is 17.6 Å². The van der Waals surface area contributed by atoms with Gasteiger partial charge in [-0.2, -0.15) is 0 Å². The van der Waals surface area contributed by atoms with E-state index in [-0.39, 0.29) is 12.6 Å². The molecule has 0 aliphatic carbocycles. The lowest BCUT2D eigenvalue weighted by Crippen LogP contribution is -2.29. The highest BCUT2D eigenvalue weighted by Crippen LogP contribution is 2.16. The van der Waals surface area contributed by atoms with Gasteiger partial charge in [0.05, 0.1) is 6.61 Å². The summed E-state index contributed by atoms with van der Waals surface area (Å²) in [7, 11) is 1.84. The molecule has 1 N–H and O–H groups in total. The van der Waals surface area contributed by atoms with E-state index in [9.17, 15) is 17.6 Å². The molecule has 0 aromatic rings. The Labute approximate surface area is 104 Å². The molecular weight excluding hydrogens is 252 g/mol. The van der Waals surface area contributed by atoms with Gasteiger partial charge < -0.3 is 10.2 Å². The van der Waals surface area contributed by atoms with E-state index in [1.807, 2.05) is 11.9 Å². The molecule has 1 aliphatic rings. The molecule has 3 nitrogen and oxygen atoms in total. The van der Waals surface area contributed by atoms with E-state index >= 15 is 0 Å². The summed E-state index contributed by atoms with van der Waals surface area (Å²) in [6, 6.07) is 0.189. The molecule has 1 rings (SSSR count). The van der Waals surface area contributed by atoms with E-state index in [2.05, 4.69) is 10.1 Å². The third-order valence-electron chi connectivity index (χ3n) is 2.98. The van der Waals surface area contributed by atoms with Crippen molar-refractivity contribution in [1.82, 2.24) is 10.2 Å². The molecule has 0 aromatic heterocycles. The van der Waals surface area contributed by atoms with Crippen LogP contribution in [0.1, 0.15) is 19.3 Å². The summed E-state index contributed by atoms with van der Waals surface area (Å²) in [5.74, 6) is 0. The van der Waals surface area contributed by atoms with Crippen LogP contribution in [-0.4, -0.2) is 56.8 Å². The summed E-state index contributed by atoms with van der Waals surface area (Å²) in [6.07, 6.45) is -3.62. The van der Waals surface area contributed by atoms with Gasteiger partial charge in [-0.1, -0.05) is 0 Å². The first-order valence-electron chi connectivity index (χ1n) is 6.13. The number of nitrogens with zero attached hydrogens (tertiary/aromatic N) is 1.